The van der Waals surface area contributed by atoms with Crippen molar-refractivity contribution in [1.82, 2.24) is 9.88 Å². The fourth-order valence-electron chi connectivity index (χ4n) is 3.74. The minimum atomic E-state index is -1.01. The highest BCUT2D eigenvalue weighted by atomic mass is 16.4. The molecule has 0 radical (unpaired) electrons. The van der Waals surface area contributed by atoms with E-state index in [-0.39, 0.29) is 11.5 Å². The van der Waals surface area contributed by atoms with E-state index in [9.17, 15) is 14.7 Å². The third kappa shape index (κ3) is 4.75. The highest BCUT2D eigenvalue weighted by molar-refractivity contribution is 6.04. The molecule has 1 amide bonds. The smallest absolute Gasteiger partial charge is 0.336 e. The van der Waals surface area contributed by atoms with Crippen LogP contribution in [0.5, 0.6) is 0 Å². The van der Waals surface area contributed by atoms with E-state index in [1.807, 2.05) is 31.2 Å². The number of carboxylic acid groups (broad SMARTS) is 1. The number of anilines is 3. The first-order chi connectivity index (χ1) is 14.9. The number of piperazine rings is 1. The van der Waals surface area contributed by atoms with Gasteiger partial charge in [0.05, 0.1) is 17.6 Å². The molecule has 0 unspecified atom stereocenters. The number of hydrogen-bond acceptors (Lipinski definition) is 6. The van der Waals surface area contributed by atoms with Crippen LogP contribution in [0.4, 0.5) is 17.2 Å². The average molecular weight is 419 g/mol. The van der Waals surface area contributed by atoms with Crippen molar-refractivity contribution in [2.45, 2.75) is 6.92 Å². The van der Waals surface area contributed by atoms with Crippen molar-refractivity contribution in [3.63, 3.8) is 0 Å². The van der Waals surface area contributed by atoms with E-state index in [2.05, 4.69) is 20.1 Å². The van der Waals surface area contributed by atoms with Crippen LogP contribution in [0.3, 0.4) is 0 Å². The number of nitrogens with zero attached hydrogens (tertiary/aromatic N) is 3. The van der Waals surface area contributed by atoms with Crippen LogP contribution in [0.25, 0.3) is 10.9 Å². The van der Waals surface area contributed by atoms with Gasteiger partial charge in [-0.25, -0.2) is 9.78 Å². The van der Waals surface area contributed by atoms with Crippen molar-refractivity contribution in [3.05, 3.63) is 59.7 Å². The first-order valence-corrected chi connectivity index (χ1v) is 10.2. The van der Waals surface area contributed by atoms with E-state index in [0.29, 0.717) is 55.1 Å². The molecule has 8 nitrogen and oxygen atoms in total. The summed E-state index contributed by atoms with van der Waals surface area (Å²) in [5.41, 5.74) is 9.04. The summed E-state index contributed by atoms with van der Waals surface area (Å²) in [6, 6.07) is 14.4. The van der Waals surface area contributed by atoms with Crippen LogP contribution < -0.4 is 16.0 Å². The van der Waals surface area contributed by atoms with Crippen LogP contribution in [-0.4, -0.2) is 59.6 Å². The molecule has 1 aliphatic heterocycles. The second-order valence-electron chi connectivity index (χ2n) is 7.79. The number of carbonyl (C=O) groups excluding carboxylic acids is 1. The van der Waals surface area contributed by atoms with E-state index in [4.69, 9.17) is 5.73 Å². The van der Waals surface area contributed by atoms with Gasteiger partial charge in [-0.2, -0.15) is 0 Å². The summed E-state index contributed by atoms with van der Waals surface area (Å²) in [5, 5.41) is 13.1. The maximum absolute atomic E-state index is 12.4. The van der Waals surface area contributed by atoms with Crippen LogP contribution in [0.1, 0.15) is 15.9 Å². The monoisotopic (exact) mass is 419 g/mol. The molecule has 1 fully saturated rings. The summed E-state index contributed by atoms with van der Waals surface area (Å²) in [4.78, 5) is 32.9. The van der Waals surface area contributed by atoms with Gasteiger partial charge in [0.2, 0.25) is 5.91 Å². The summed E-state index contributed by atoms with van der Waals surface area (Å²) in [5.74, 6) is -0.434. The zero-order chi connectivity index (χ0) is 22.0. The number of aromatic nitrogens is 1. The van der Waals surface area contributed by atoms with Crippen LogP contribution in [0.2, 0.25) is 0 Å². The maximum atomic E-state index is 12.4. The molecule has 31 heavy (non-hydrogen) atoms. The topological polar surface area (TPSA) is 112 Å². The van der Waals surface area contributed by atoms with Gasteiger partial charge in [-0.3, -0.25) is 9.69 Å². The third-order valence-corrected chi connectivity index (χ3v) is 5.45. The number of nitrogens with one attached hydrogen (secondary N) is 1. The largest absolute Gasteiger partial charge is 0.478 e. The first-order valence-electron chi connectivity index (χ1n) is 10.2. The second-order valence-corrected chi connectivity index (χ2v) is 7.79. The molecule has 160 valence electrons. The van der Waals surface area contributed by atoms with Gasteiger partial charge in [0, 0.05) is 42.9 Å². The van der Waals surface area contributed by atoms with Gasteiger partial charge in [0.15, 0.2) is 0 Å². The summed E-state index contributed by atoms with van der Waals surface area (Å²) in [6.45, 7) is 5.00. The van der Waals surface area contributed by atoms with Crippen molar-refractivity contribution >= 4 is 40.0 Å². The summed E-state index contributed by atoms with van der Waals surface area (Å²) in [6.07, 6.45) is 0. The molecule has 4 rings (SSSR count). The highest BCUT2D eigenvalue weighted by Crippen LogP contribution is 2.25. The number of carboxylic acids is 1. The second kappa shape index (κ2) is 8.61. The minimum Gasteiger partial charge on any atom is -0.478 e. The van der Waals surface area contributed by atoms with E-state index < -0.39 is 5.97 Å². The Bertz CT molecular complexity index is 1120. The number of aryl methyl sites for hydroxylation is 1. The normalized spacial score (nSPS) is 14.5. The van der Waals surface area contributed by atoms with Crippen LogP contribution in [0, 0.1) is 6.92 Å². The summed E-state index contributed by atoms with van der Waals surface area (Å²) in [7, 11) is 0. The van der Waals surface area contributed by atoms with Crippen LogP contribution in [0.15, 0.2) is 48.5 Å². The number of rotatable bonds is 5. The Kier molecular flexibility index (Phi) is 5.73. The van der Waals surface area contributed by atoms with Gasteiger partial charge in [-0.1, -0.05) is 17.7 Å². The van der Waals surface area contributed by atoms with Crippen molar-refractivity contribution < 1.29 is 14.7 Å². The van der Waals surface area contributed by atoms with Crippen molar-refractivity contribution in [1.29, 1.82) is 0 Å². The van der Waals surface area contributed by atoms with E-state index in [0.717, 1.165) is 11.3 Å². The Morgan fingerprint density at radius 2 is 1.77 bits per heavy atom. The minimum absolute atomic E-state index is 0.0492. The van der Waals surface area contributed by atoms with Gasteiger partial charge < -0.3 is 21.1 Å². The van der Waals surface area contributed by atoms with Crippen molar-refractivity contribution in [2.24, 2.45) is 0 Å². The fourth-order valence-corrected chi connectivity index (χ4v) is 3.74. The van der Waals surface area contributed by atoms with E-state index in [1.165, 1.54) is 0 Å². The first kappa shape index (κ1) is 20.6. The van der Waals surface area contributed by atoms with Crippen LogP contribution in [-0.2, 0) is 4.79 Å². The third-order valence-electron chi connectivity index (χ3n) is 5.45. The van der Waals surface area contributed by atoms with Crippen molar-refractivity contribution in [3.8, 4) is 0 Å². The van der Waals surface area contributed by atoms with E-state index in [1.54, 1.807) is 24.3 Å². The highest BCUT2D eigenvalue weighted by Gasteiger charge is 2.22. The molecule has 0 atom stereocenters. The average Bonchev–Trinajstić information content (AvgIpc) is 2.75. The molecule has 8 heteroatoms. The molecule has 1 aromatic heterocycles. The van der Waals surface area contributed by atoms with Gasteiger partial charge in [0.1, 0.15) is 5.82 Å². The predicted octanol–water partition coefficient (Wildman–Crippen LogP) is 2.58. The van der Waals surface area contributed by atoms with Gasteiger partial charge in [-0.05, 0) is 43.3 Å². The van der Waals surface area contributed by atoms with E-state index >= 15 is 0 Å². The zero-order valence-electron chi connectivity index (χ0n) is 17.3. The fraction of sp³-hybridized carbons (Fsp3) is 0.261. The molecule has 2 heterocycles. The molecule has 4 N–H and O–H groups in total. The lowest BCUT2D eigenvalue weighted by molar-refractivity contribution is -0.117. The number of carbonyl (C=O) groups is 2. The molecular formula is C23H25N5O3. The van der Waals surface area contributed by atoms with Crippen LogP contribution >= 0.6 is 0 Å². The predicted molar refractivity (Wildman–Crippen MR) is 122 cm³/mol. The Hall–Kier alpha value is -3.65. The van der Waals surface area contributed by atoms with Gasteiger partial charge in [-0.15, -0.1) is 0 Å². The van der Waals surface area contributed by atoms with Gasteiger partial charge in [0.25, 0.3) is 0 Å². The molecule has 1 saturated heterocycles. The lowest BCUT2D eigenvalue weighted by atomic mass is 10.1. The molecule has 2 aromatic carbocycles. The molecule has 0 saturated carbocycles. The molecule has 0 aliphatic carbocycles. The summed E-state index contributed by atoms with van der Waals surface area (Å²) >= 11 is 0. The number of pyridine rings is 1. The Labute approximate surface area is 180 Å². The molecule has 3 aromatic rings. The number of nitrogen functional groups attached to an aromatic ring is 1. The molecule has 1 aliphatic rings. The molecule has 0 spiro atoms. The number of benzene rings is 2. The van der Waals surface area contributed by atoms with Crippen molar-refractivity contribution in [2.75, 3.05) is 48.7 Å². The lowest BCUT2D eigenvalue weighted by Gasteiger charge is -2.35. The number of aromatic carboxylic acids is 1. The van der Waals surface area contributed by atoms with Gasteiger partial charge >= 0.3 is 5.97 Å². The lowest BCUT2D eigenvalue weighted by Crippen LogP contribution is -2.49. The Balaban J connectivity index is 1.41. The Morgan fingerprint density at radius 3 is 2.45 bits per heavy atom. The molecule has 0 bridgehead atoms. The number of nitrogens with two attached hydrogens (primary N) is 1. The standard InChI is InChI=1S/C23H25N5O3/c1-15-2-5-17(6-3-15)25-22(29)14-27-8-10-28(11-9-27)21-13-19(23(30)31)18-12-16(24)4-7-20(18)26-21/h2-7,12-13H,8-11,14,24H2,1H3,(H,25,29)(H,30,31). The molecular weight excluding hydrogens is 394 g/mol. The number of hydrogen-bond donors (Lipinski definition) is 3. The zero-order valence-corrected chi connectivity index (χ0v) is 17.3. The Morgan fingerprint density at radius 1 is 1.06 bits per heavy atom. The maximum Gasteiger partial charge on any atom is 0.336 e. The SMILES string of the molecule is Cc1ccc(NC(=O)CN2CCN(c3cc(C(=O)O)c4cc(N)ccc4n3)CC2)cc1. The summed E-state index contributed by atoms with van der Waals surface area (Å²) < 4.78 is 0. The number of fused-ring (bicyclic) bond motifs is 1. The quantitative estimate of drug-likeness (QED) is 0.545. The number of amides is 1.